The number of rotatable bonds is 6. The van der Waals surface area contributed by atoms with E-state index < -0.39 is 21.8 Å². The van der Waals surface area contributed by atoms with Crippen LogP contribution in [0.25, 0.3) is 0 Å². The maximum atomic E-state index is 12.2. The number of urea groups is 1. The van der Waals surface area contributed by atoms with Crippen LogP contribution in [0.1, 0.15) is 39.0 Å². The monoisotopic (exact) mass is 320 g/mol. The number of hydrogen-bond donors (Lipinski definition) is 2. The van der Waals surface area contributed by atoms with Gasteiger partial charge in [0.25, 0.3) is 0 Å². The number of piperidine rings is 1. The Hall–Kier alpha value is -1.31. The van der Waals surface area contributed by atoms with Crippen molar-refractivity contribution in [2.75, 3.05) is 18.6 Å². The van der Waals surface area contributed by atoms with E-state index in [1.54, 1.807) is 11.8 Å². The molecule has 2 amide bonds. The van der Waals surface area contributed by atoms with Crippen molar-refractivity contribution in [2.45, 2.75) is 51.1 Å². The van der Waals surface area contributed by atoms with E-state index in [0.717, 1.165) is 25.5 Å². The van der Waals surface area contributed by atoms with Crippen molar-refractivity contribution in [1.82, 2.24) is 10.2 Å². The molecule has 0 aromatic rings. The predicted octanol–water partition coefficient (Wildman–Crippen LogP) is 0.848. The van der Waals surface area contributed by atoms with Crippen molar-refractivity contribution < 1.29 is 23.1 Å². The van der Waals surface area contributed by atoms with Crippen molar-refractivity contribution in [3.63, 3.8) is 0 Å². The van der Waals surface area contributed by atoms with Crippen LogP contribution < -0.4 is 5.32 Å². The lowest BCUT2D eigenvalue weighted by Gasteiger charge is -2.36. The van der Waals surface area contributed by atoms with Crippen LogP contribution in [-0.2, 0) is 14.6 Å². The molecule has 0 spiro atoms. The lowest BCUT2D eigenvalue weighted by atomic mass is 9.98. The second-order valence-electron chi connectivity index (χ2n) is 5.72. The summed E-state index contributed by atoms with van der Waals surface area (Å²) in [5.74, 6) is -0.974. The third kappa shape index (κ3) is 6.79. The first-order chi connectivity index (χ1) is 9.69. The minimum absolute atomic E-state index is 0.0351. The number of carbonyl (C=O) groups excluding carboxylic acids is 1. The standard InChI is InChI=1S/C13H24N2O5S/c1-10(9-21(2,19)20)14-13(18)15-8-4-3-5-11(15)6-7-12(16)17/h10-11H,3-9H2,1-2H3,(H,14,18)(H,16,17). The summed E-state index contributed by atoms with van der Waals surface area (Å²) >= 11 is 0. The Kier molecular flexibility index (Phi) is 6.44. The van der Waals surface area contributed by atoms with Crippen molar-refractivity contribution in [1.29, 1.82) is 0 Å². The average Bonchev–Trinajstić information content (AvgIpc) is 2.34. The normalized spacial score (nSPS) is 20.9. The van der Waals surface area contributed by atoms with Gasteiger partial charge in [-0.15, -0.1) is 0 Å². The number of nitrogens with one attached hydrogen (secondary N) is 1. The molecule has 122 valence electrons. The van der Waals surface area contributed by atoms with E-state index in [1.807, 2.05) is 0 Å². The van der Waals surface area contributed by atoms with Crippen LogP contribution in [0.15, 0.2) is 0 Å². The first kappa shape index (κ1) is 17.7. The molecule has 2 unspecified atom stereocenters. The van der Waals surface area contributed by atoms with Crippen LogP contribution >= 0.6 is 0 Å². The zero-order chi connectivity index (χ0) is 16.0. The van der Waals surface area contributed by atoms with Gasteiger partial charge in [-0.05, 0) is 32.6 Å². The fourth-order valence-electron chi connectivity index (χ4n) is 2.65. The number of hydrogen-bond acceptors (Lipinski definition) is 4. The first-order valence-corrected chi connectivity index (χ1v) is 9.21. The van der Waals surface area contributed by atoms with Gasteiger partial charge in [-0.1, -0.05) is 0 Å². The third-order valence-corrected chi connectivity index (χ3v) is 4.61. The van der Waals surface area contributed by atoms with E-state index in [-0.39, 0.29) is 24.2 Å². The summed E-state index contributed by atoms with van der Waals surface area (Å²) in [5.41, 5.74) is 0. The number of aliphatic carboxylic acids is 1. The zero-order valence-corrected chi connectivity index (χ0v) is 13.4. The van der Waals surface area contributed by atoms with Crippen LogP contribution in [0, 0.1) is 0 Å². The molecule has 21 heavy (non-hydrogen) atoms. The number of carboxylic acid groups (broad SMARTS) is 1. The van der Waals surface area contributed by atoms with Gasteiger partial charge in [-0.2, -0.15) is 0 Å². The summed E-state index contributed by atoms with van der Waals surface area (Å²) in [7, 11) is -3.15. The van der Waals surface area contributed by atoms with Crippen LogP contribution in [-0.4, -0.2) is 61.1 Å². The van der Waals surface area contributed by atoms with E-state index >= 15 is 0 Å². The highest BCUT2D eigenvalue weighted by Crippen LogP contribution is 2.21. The molecular formula is C13H24N2O5S. The summed E-state index contributed by atoms with van der Waals surface area (Å²) in [5, 5.41) is 11.4. The molecule has 0 aromatic carbocycles. The average molecular weight is 320 g/mol. The number of carbonyl (C=O) groups is 2. The predicted molar refractivity (Wildman–Crippen MR) is 78.9 cm³/mol. The summed E-state index contributed by atoms with van der Waals surface area (Å²) in [4.78, 5) is 24.5. The Morgan fingerprint density at radius 1 is 1.38 bits per heavy atom. The van der Waals surface area contributed by atoms with Crippen LogP contribution in [0.4, 0.5) is 4.79 Å². The highest BCUT2D eigenvalue weighted by molar-refractivity contribution is 7.90. The van der Waals surface area contributed by atoms with Gasteiger partial charge in [0, 0.05) is 31.3 Å². The fourth-order valence-corrected chi connectivity index (χ4v) is 3.64. The molecule has 0 saturated carbocycles. The number of sulfone groups is 1. The number of nitrogens with zero attached hydrogens (tertiary/aromatic N) is 1. The van der Waals surface area contributed by atoms with Gasteiger partial charge in [0.15, 0.2) is 0 Å². The molecule has 1 heterocycles. The topological polar surface area (TPSA) is 104 Å². The molecular weight excluding hydrogens is 296 g/mol. The molecule has 1 aliphatic rings. The maximum Gasteiger partial charge on any atom is 0.317 e. The van der Waals surface area contributed by atoms with Crippen LogP contribution in [0.3, 0.4) is 0 Å². The molecule has 0 aliphatic carbocycles. The fraction of sp³-hybridized carbons (Fsp3) is 0.846. The van der Waals surface area contributed by atoms with E-state index in [2.05, 4.69) is 5.32 Å². The molecule has 2 N–H and O–H groups in total. The van der Waals surface area contributed by atoms with Gasteiger partial charge in [-0.25, -0.2) is 13.2 Å². The Labute approximate surface area is 125 Å². The molecule has 7 nitrogen and oxygen atoms in total. The first-order valence-electron chi connectivity index (χ1n) is 7.15. The molecule has 1 fully saturated rings. The summed E-state index contributed by atoms with van der Waals surface area (Å²) in [6.45, 7) is 2.23. The lowest BCUT2D eigenvalue weighted by molar-refractivity contribution is -0.137. The Bertz CT molecular complexity index is 477. The largest absolute Gasteiger partial charge is 0.481 e. The minimum atomic E-state index is -3.15. The molecule has 1 rings (SSSR count). The maximum absolute atomic E-state index is 12.2. The Balaban J connectivity index is 2.58. The molecule has 0 bridgehead atoms. The third-order valence-electron chi connectivity index (χ3n) is 3.50. The van der Waals surface area contributed by atoms with Crippen molar-refractivity contribution in [3.05, 3.63) is 0 Å². The van der Waals surface area contributed by atoms with Gasteiger partial charge in [-0.3, -0.25) is 4.79 Å². The smallest absolute Gasteiger partial charge is 0.317 e. The number of amides is 2. The molecule has 8 heteroatoms. The van der Waals surface area contributed by atoms with Gasteiger partial charge < -0.3 is 15.3 Å². The van der Waals surface area contributed by atoms with Crippen molar-refractivity contribution >= 4 is 21.8 Å². The van der Waals surface area contributed by atoms with Gasteiger partial charge >= 0.3 is 12.0 Å². The van der Waals surface area contributed by atoms with Crippen LogP contribution in [0.2, 0.25) is 0 Å². The molecule has 0 radical (unpaired) electrons. The lowest BCUT2D eigenvalue weighted by Crippen LogP contribution is -2.51. The van der Waals surface area contributed by atoms with Crippen LogP contribution in [0.5, 0.6) is 0 Å². The highest BCUT2D eigenvalue weighted by atomic mass is 32.2. The van der Waals surface area contributed by atoms with Gasteiger partial charge in [0.1, 0.15) is 9.84 Å². The van der Waals surface area contributed by atoms with Crippen molar-refractivity contribution in [2.24, 2.45) is 0 Å². The number of likely N-dealkylation sites (tertiary alicyclic amines) is 1. The SMILES string of the molecule is CC(CS(C)(=O)=O)NC(=O)N1CCCCC1CCC(=O)O. The zero-order valence-electron chi connectivity index (χ0n) is 12.5. The Morgan fingerprint density at radius 3 is 2.62 bits per heavy atom. The van der Waals surface area contributed by atoms with E-state index in [0.29, 0.717) is 13.0 Å². The molecule has 1 saturated heterocycles. The molecule has 0 aromatic heterocycles. The summed E-state index contributed by atoms with van der Waals surface area (Å²) in [6, 6.07) is -0.851. The second kappa shape index (κ2) is 7.63. The Morgan fingerprint density at radius 2 is 2.05 bits per heavy atom. The highest BCUT2D eigenvalue weighted by Gasteiger charge is 2.28. The van der Waals surface area contributed by atoms with E-state index in [1.165, 1.54) is 0 Å². The molecule has 2 atom stereocenters. The molecule has 1 aliphatic heterocycles. The van der Waals surface area contributed by atoms with Crippen molar-refractivity contribution in [3.8, 4) is 0 Å². The minimum Gasteiger partial charge on any atom is -0.481 e. The summed E-state index contributed by atoms with van der Waals surface area (Å²) in [6.07, 6.45) is 4.26. The number of carboxylic acids is 1. The second-order valence-corrected chi connectivity index (χ2v) is 7.90. The van der Waals surface area contributed by atoms with Gasteiger partial charge in [0.2, 0.25) is 0 Å². The quantitative estimate of drug-likeness (QED) is 0.755. The van der Waals surface area contributed by atoms with E-state index in [9.17, 15) is 18.0 Å². The summed E-state index contributed by atoms with van der Waals surface area (Å²) < 4.78 is 22.4. The van der Waals surface area contributed by atoms with Gasteiger partial charge in [0.05, 0.1) is 5.75 Å². The van der Waals surface area contributed by atoms with E-state index in [4.69, 9.17) is 5.11 Å².